The first-order valence-corrected chi connectivity index (χ1v) is 6.70. The van der Waals surface area contributed by atoms with Gasteiger partial charge in [-0.2, -0.15) is 0 Å². The summed E-state index contributed by atoms with van der Waals surface area (Å²) in [6.07, 6.45) is 2.78. The lowest BCUT2D eigenvalue weighted by atomic mass is 9.72. The molecule has 2 aliphatic heterocycles. The van der Waals surface area contributed by atoms with Crippen molar-refractivity contribution in [3.63, 3.8) is 0 Å². The van der Waals surface area contributed by atoms with Crippen molar-refractivity contribution in [3.8, 4) is 0 Å². The highest BCUT2D eigenvalue weighted by molar-refractivity contribution is 6.07. The summed E-state index contributed by atoms with van der Waals surface area (Å²) in [5, 5.41) is 3.08. The van der Waals surface area contributed by atoms with Gasteiger partial charge in [0.1, 0.15) is 0 Å². The fourth-order valence-corrected chi connectivity index (χ4v) is 3.25. The zero-order valence-electron chi connectivity index (χ0n) is 11.0. The maximum Gasteiger partial charge on any atom is 0.235 e. The third kappa shape index (κ3) is 1.50. The number of fused-ring (bicyclic) bond motifs is 2. The van der Waals surface area contributed by atoms with Gasteiger partial charge in [0, 0.05) is 12.3 Å². The molecule has 1 saturated heterocycles. The van der Waals surface area contributed by atoms with Gasteiger partial charge in [0.25, 0.3) is 0 Å². The lowest BCUT2D eigenvalue weighted by Gasteiger charge is -2.36. The van der Waals surface area contributed by atoms with Gasteiger partial charge in [0.05, 0.1) is 11.5 Å². The van der Waals surface area contributed by atoms with E-state index in [4.69, 9.17) is 4.74 Å². The first-order valence-electron chi connectivity index (χ1n) is 6.70. The van der Waals surface area contributed by atoms with E-state index in [2.05, 4.69) is 31.3 Å². The van der Waals surface area contributed by atoms with Crippen LogP contribution in [0, 0.1) is 6.92 Å². The molecule has 1 aromatic carbocycles. The standard InChI is InChI=1S/C15H19NO2/c1-3-11-9-15(7-8-18-11)12-6-4-5-10(2)13(12)16-14(15)17/h4-6,11H,3,7-9H2,1-2H3,(H,16,17). The minimum absolute atomic E-state index is 0.161. The monoisotopic (exact) mass is 245 g/mol. The molecule has 2 atom stereocenters. The molecular formula is C15H19NO2. The minimum Gasteiger partial charge on any atom is -0.378 e. The van der Waals surface area contributed by atoms with Gasteiger partial charge in [-0.05, 0) is 37.3 Å². The molecule has 0 aromatic heterocycles. The highest BCUT2D eigenvalue weighted by atomic mass is 16.5. The number of para-hydroxylation sites is 1. The molecule has 3 nitrogen and oxygen atoms in total. The molecule has 1 aromatic rings. The van der Waals surface area contributed by atoms with Crippen LogP contribution in [-0.4, -0.2) is 18.6 Å². The second-order valence-corrected chi connectivity index (χ2v) is 5.39. The van der Waals surface area contributed by atoms with E-state index in [1.165, 1.54) is 5.56 Å². The van der Waals surface area contributed by atoms with E-state index in [0.29, 0.717) is 6.61 Å². The Morgan fingerprint density at radius 2 is 2.33 bits per heavy atom. The van der Waals surface area contributed by atoms with E-state index >= 15 is 0 Å². The van der Waals surface area contributed by atoms with Crippen LogP contribution in [-0.2, 0) is 14.9 Å². The number of rotatable bonds is 1. The first-order chi connectivity index (χ1) is 8.67. The number of benzene rings is 1. The molecule has 2 unspecified atom stereocenters. The van der Waals surface area contributed by atoms with Crippen molar-refractivity contribution in [2.75, 3.05) is 11.9 Å². The molecule has 0 saturated carbocycles. The van der Waals surface area contributed by atoms with Gasteiger partial charge in [-0.1, -0.05) is 25.1 Å². The summed E-state index contributed by atoms with van der Waals surface area (Å²) in [7, 11) is 0. The Kier molecular flexibility index (Phi) is 2.67. The maximum atomic E-state index is 12.5. The fraction of sp³-hybridized carbons (Fsp3) is 0.533. The number of hydrogen-bond donors (Lipinski definition) is 1. The first kappa shape index (κ1) is 11.7. The van der Waals surface area contributed by atoms with E-state index in [-0.39, 0.29) is 17.4 Å². The zero-order chi connectivity index (χ0) is 12.8. The van der Waals surface area contributed by atoms with Gasteiger partial charge in [-0.15, -0.1) is 0 Å². The Balaban J connectivity index is 2.07. The van der Waals surface area contributed by atoms with Crippen molar-refractivity contribution < 1.29 is 9.53 Å². The molecule has 18 heavy (non-hydrogen) atoms. The average molecular weight is 245 g/mol. The normalized spacial score (nSPS) is 30.3. The molecule has 3 rings (SSSR count). The number of hydrogen-bond acceptors (Lipinski definition) is 2. The van der Waals surface area contributed by atoms with Crippen LogP contribution in [0.15, 0.2) is 18.2 Å². The van der Waals surface area contributed by atoms with Gasteiger partial charge in [0.15, 0.2) is 0 Å². The Hall–Kier alpha value is -1.35. The molecule has 0 bridgehead atoms. The summed E-state index contributed by atoms with van der Waals surface area (Å²) < 4.78 is 5.73. The minimum atomic E-state index is -0.347. The molecule has 1 N–H and O–H groups in total. The second kappa shape index (κ2) is 4.09. The third-order valence-corrected chi connectivity index (χ3v) is 4.38. The molecule has 96 valence electrons. The fourth-order valence-electron chi connectivity index (χ4n) is 3.25. The lowest BCUT2D eigenvalue weighted by Crippen LogP contribution is -2.43. The van der Waals surface area contributed by atoms with Crippen LogP contribution in [0.2, 0.25) is 0 Å². The number of amides is 1. The van der Waals surface area contributed by atoms with Gasteiger partial charge < -0.3 is 10.1 Å². The largest absolute Gasteiger partial charge is 0.378 e. The van der Waals surface area contributed by atoms with E-state index in [1.807, 2.05) is 6.07 Å². The van der Waals surface area contributed by atoms with E-state index in [1.54, 1.807) is 0 Å². The van der Waals surface area contributed by atoms with E-state index < -0.39 is 0 Å². The molecule has 0 radical (unpaired) electrons. The van der Waals surface area contributed by atoms with Crippen molar-refractivity contribution in [3.05, 3.63) is 29.3 Å². The number of ether oxygens (including phenoxy) is 1. The van der Waals surface area contributed by atoms with Crippen molar-refractivity contribution in [2.45, 2.75) is 44.6 Å². The predicted molar refractivity (Wildman–Crippen MR) is 70.8 cm³/mol. The van der Waals surface area contributed by atoms with Crippen LogP contribution < -0.4 is 5.32 Å². The molecule has 1 amide bonds. The lowest BCUT2D eigenvalue weighted by molar-refractivity contribution is -0.126. The number of anilines is 1. The Morgan fingerprint density at radius 3 is 3.11 bits per heavy atom. The highest BCUT2D eigenvalue weighted by Crippen LogP contribution is 2.47. The van der Waals surface area contributed by atoms with Crippen molar-refractivity contribution in [1.82, 2.24) is 0 Å². The van der Waals surface area contributed by atoms with E-state index in [9.17, 15) is 4.79 Å². The summed E-state index contributed by atoms with van der Waals surface area (Å²) in [5.74, 6) is 0.161. The Bertz CT molecular complexity index is 497. The molecule has 2 heterocycles. The summed E-state index contributed by atoms with van der Waals surface area (Å²) in [6.45, 7) is 4.85. The summed E-state index contributed by atoms with van der Waals surface area (Å²) in [5.41, 5.74) is 3.01. The number of aryl methyl sites for hydroxylation is 1. The second-order valence-electron chi connectivity index (χ2n) is 5.39. The maximum absolute atomic E-state index is 12.5. The average Bonchev–Trinajstić information content (AvgIpc) is 2.65. The van der Waals surface area contributed by atoms with Crippen molar-refractivity contribution in [1.29, 1.82) is 0 Å². The van der Waals surface area contributed by atoms with Gasteiger partial charge >= 0.3 is 0 Å². The zero-order valence-corrected chi connectivity index (χ0v) is 11.0. The predicted octanol–water partition coefficient (Wildman–Crippen LogP) is 2.77. The Morgan fingerprint density at radius 1 is 1.50 bits per heavy atom. The van der Waals surface area contributed by atoms with Crippen molar-refractivity contribution >= 4 is 11.6 Å². The number of nitrogens with one attached hydrogen (secondary N) is 1. The molecule has 3 heteroatoms. The SMILES string of the molecule is CCC1CC2(CCO1)C(=O)Nc1c(C)cccc12. The number of carbonyl (C=O) groups excluding carboxylic acids is 1. The quantitative estimate of drug-likeness (QED) is 0.826. The van der Waals surface area contributed by atoms with Crippen LogP contribution in [0.3, 0.4) is 0 Å². The smallest absolute Gasteiger partial charge is 0.235 e. The number of carbonyl (C=O) groups is 1. The molecule has 1 spiro atoms. The third-order valence-electron chi connectivity index (χ3n) is 4.38. The summed E-state index contributed by atoms with van der Waals surface area (Å²) in [4.78, 5) is 12.5. The topological polar surface area (TPSA) is 38.3 Å². The van der Waals surface area contributed by atoms with Gasteiger partial charge in [-0.3, -0.25) is 4.79 Å². The Labute approximate surface area is 108 Å². The molecule has 0 aliphatic carbocycles. The molecular weight excluding hydrogens is 226 g/mol. The molecule has 2 aliphatic rings. The van der Waals surface area contributed by atoms with Gasteiger partial charge in [-0.25, -0.2) is 0 Å². The van der Waals surface area contributed by atoms with Crippen LogP contribution in [0.1, 0.15) is 37.3 Å². The van der Waals surface area contributed by atoms with Crippen LogP contribution >= 0.6 is 0 Å². The van der Waals surface area contributed by atoms with Crippen molar-refractivity contribution in [2.24, 2.45) is 0 Å². The molecule has 1 fully saturated rings. The van der Waals surface area contributed by atoms with Crippen LogP contribution in [0.5, 0.6) is 0 Å². The van der Waals surface area contributed by atoms with Gasteiger partial charge in [0.2, 0.25) is 5.91 Å². The summed E-state index contributed by atoms with van der Waals surface area (Å²) >= 11 is 0. The van der Waals surface area contributed by atoms with E-state index in [0.717, 1.165) is 30.5 Å². The highest BCUT2D eigenvalue weighted by Gasteiger charge is 2.49. The van der Waals surface area contributed by atoms with Crippen LogP contribution in [0.4, 0.5) is 5.69 Å². The summed E-state index contributed by atoms with van der Waals surface area (Å²) in [6, 6.07) is 6.19. The van der Waals surface area contributed by atoms with Crippen LogP contribution in [0.25, 0.3) is 0 Å².